The summed E-state index contributed by atoms with van der Waals surface area (Å²) in [6.07, 6.45) is 6.64. The SMILES string of the molecule is CCCn1nccc1C(=O)C1C2CCCC21. The largest absolute Gasteiger partial charge is 0.292 e. The summed E-state index contributed by atoms with van der Waals surface area (Å²) in [4.78, 5) is 12.3. The van der Waals surface area contributed by atoms with Crippen molar-refractivity contribution in [3.63, 3.8) is 0 Å². The number of carbonyl (C=O) groups is 1. The van der Waals surface area contributed by atoms with E-state index >= 15 is 0 Å². The highest BCUT2D eigenvalue weighted by Gasteiger charge is 2.56. The standard InChI is InChI=1S/C13H18N2O/c1-2-8-15-11(6-7-14-15)13(16)12-9-4-3-5-10(9)12/h6-7,9-10,12H,2-5,8H2,1H3. The average Bonchev–Trinajstić information content (AvgIpc) is 2.73. The molecule has 86 valence electrons. The first-order valence-electron chi connectivity index (χ1n) is 6.39. The number of aryl methyl sites for hydroxylation is 1. The van der Waals surface area contributed by atoms with Gasteiger partial charge in [-0.2, -0.15) is 5.10 Å². The van der Waals surface area contributed by atoms with E-state index in [0.717, 1.165) is 18.7 Å². The average molecular weight is 218 g/mol. The van der Waals surface area contributed by atoms with Crippen LogP contribution in [0.1, 0.15) is 43.1 Å². The van der Waals surface area contributed by atoms with Gasteiger partial charge in [-0.1, -0.05) is 13.3 Å². The Bertz CT molecular complexity index is 400. The monoisotopic (exact) mass is 218 g/mol. The molecule has 3 rings (SSSR count). The second-order valence-electron chi connectivity index (χ2n) is 5.09. The Kier molecular flexibility index (Phi) is 2.34. The van der Waals surface area contributed by atoms with Crippen LogP contribution in [0.2, 0.25) is 0 Å². The molecular formula is C13H18N2O. The first-order valence-corrected chi connectivity index (χ1v) is 6.39. The first-order chi connectivity index (χ1) is 7.83. The third-order valence-electron chi connectivity index (χ3n) is 4.11. The molecule has 1 aromatic rings. The molecule has 3 heteroatoms. The number of hydrogen-bond donors (Lipinski definition) is 0. The first kappa shape index (κ1) is 10.1. The van der Waals surface area contributed by atoms with E-state index in [9.17, 15) is 4.79 Å². The van der Waals surface area contributed by atoms with Crippen LogP contribution in [0.3, 0.4) is 0 Å². The van der Waals surface area contributed by atoms with Crippen LogP contribution in [0.5, 0.6) is 0 Å². The highest BCUT2D eigenvalue weighted by Crippen LogP contribution is 2.58. The van der Waals surface area contributed by atoms with Crippen molar-refractivity contribution in [2.45, 2.75) is 39.2 Å². The molecule has 0 bridgehead atoms. The van der Waals surface area contributed by atoms with Crippen LogP contribution < -0.4 is 0 Å². The Labute approximate surface area is 95.8 Å². The van der Waals surface area contributed by atoms with Gasteiger partial charge in [-0.05, 0) is 37.2 Å². The molecule has 3 nitrogen and oxygen atoms in total. The van der Waals surface area contributed by atoms with Crippen LogP contribution >= 0.6 is 0 Å². The van der Waals surface area contributed by atoms with Gasteiger partial charge in [-0.15, -0.1) is 0 Å². The summed E-state index contributed by atoms with van der Waals surface area (Å²) in [5.74, 6) is 2.09. The summed E-state index contributed by atoms with van der Waals surface area (Å²) in [5.41, 5.74) is 0.834. The number of hydrogen-bond acceptors (Lipinski definition) is 2. The molecule has 0 aliphatic heterocycles. The second-order valence-corrected chi connectivity index (χ2v) is 5.09. The van der Waals surface area contributed by atoms with Crippen molar-refractivity contribution in [1.29, 1.82) is 0 Å². The van der Waals surface area contributed by atoms with Gasteiger partial charge >= 0.3 is 0 Å². The normalized spacial score (nSPS) is 31.4. The van der Waals surface area contributed by atoms with Crippen LogP contribution in [-0.2, 0) is 6.54 Å². The van der Waals surface area contributed by atoms with Crippen LogP contribution in [-0.4, -0.2) is 15.6 Å². The van der Waals surface area contributed by atoms with Crippen LogP contribution in [0.25, 0.3) is 0 Å². The van der Waals surface area contributed by atoms with Crippen molar-refractivity contribution >= 4 is 5.78 Å². The number of aromatic nitrogens is 2. The van der Waals surface area contributed by atoms with E-state index in [0.29, 0.717) is 23.5 Å². The zero-order valence-electron chi connectivity index (χ0n) is 9.72. The van der Waals surface area contributed by atoms with Gasteiger partial charge in [0.1, 0.15) is 5.69 Å². The quantitative estimate of drug-likeness (QED) is 0.728. The lowest BCUT2D eigenvalue weighted by molar-refractivity contribution is 0.0940. The van der Waals surface area contributed by atoms with Gasteiger partial charge in [0.05, 0.1) is 0 Å². The van der Waals surface area contributed by atoms with Crippen LogP contribution in [0, 0.1) is 17.8 Å². The van der Waals surface area contributed by atoms with Crippen LogP contribution in [0.4, 0.5) is 0 Å². The number of Topliss-reactive ketones (excluding diaryl/α,β-unsaturated/α-hetero) is 1. The summed E-state index contributed by atoms with van der Waals surface area (Å²) in [5, 5.41) is 4.23. The molecule has 1 heterocycles. The van der Waals surface area contributed by atoms with Crippen molar-refractivity contribution in [3.05, 3.63) is 18.0 Å². The summed E-state index contributed by atoms with van der Waals surface area (Å²) < 4.78 is 1.87. The third-order valence-corrected chi connectivity index (χ3v) is 4.11. The highest BCUT2D eigenvalue weighted by atomic mass is 16.1. The highest BCUT2D eigenvalue weighted by molar-refractivity contribution is 5.98. The van der Waals surface area contributed by atoms with E-state index in [1.54, 1.807) is 6.20 Å². The fourth-order valence-corrected chi connectivity index (χ4v) is 3.31. The molecule has 0 aromatic carbocycles. The van der Waals surface area contributed by atoms with E-state index < -0.39 is 0 Å². The maximum absolute atomic E-state index is 12.3. The lowest BCUT2D eigenvalue weighted by Gasteiger charge is -2.06. The van der Waals surface area contributed by atoms with E-state index in [4.69, 9.17) is 0 Å². The smallest absolute Gasteiger partial charge is 0.184 e. The summed E-state index contributed by atoms with van der Waals surface area (Å²) in [6, 6.07) is 1.88. The van der Waals surface area contributed by atoms with Gasteiger partial charge in [0, 0.05) is 18.7 Å². The van der Waals surface area contributed by atoms with Gasteiger partial charge in [0.2, 0.25) is 0 Å². The third kappa shape index (κ3) is 1.41. The minimum absolute atomic E-state index is 0.334. The maximum atomic E-state index is 12.3. The van der Waals surface area contributed by atoms with Crippen molar-refractivity contribution < 1.29 is 4.79 Å². The number of rotatable bonds is 4. The summed E-state index contributed by atoms with van der Waals surface area (Å²) in [7, 11) is 0. The van der Waals surface area contributed by atoms with Gasteiger partial charge in [0.15, 0.2) is 5.78 Å². The molecule has 0 amide bonds. The van der Waals surface area contributed by atoms with Crippen molar-refractivity contribution in [2.24, 2.45) is 17.8 Å². The molecule has 1 aromatic heterocycles. The van der Waals surface area contributed by atoms with Crippen molar-refractivity contribution in [3.8, 4) is 0 Å². The zero-order valence-corrected chi connectivity index (χ0v) is 9.72. The Morgan fingerprint density at radius 2 is 2.25 bits per heavy atom. The van der Waals surface area contributed by atoms with Crippen molar-refractivity contribution in [2.75, 3.05) is 0 Å². The Hall–Kier alpha value is -1.12. The van der Waals surface area contributed by atoms with Gasteiger partial charge in [0.25, 0.3) is 0 Å². The molecule has 16 heavy (non-hydrogen) atoms. The van der Waals surface area contributed by atoms with E-state index in [1.807, 2.05) is 10.7 Å². The Morgan fingerprint density at radius 3 is 2.94 bits per heavy atom. The van der Waals surface area contributed by atoms with Crippen LogP contribution in [0.15, 0.2) is 12.3 Å². The molecule has 2 unspecified atom stereocenters. The lowest BCUT2D eigenvalue weighted by Crippen LogP contribution is -2.14. The fourth-order valence-electron chi connectivity index (χ4n) is 3.31. The minimum Gasteiger partial charge on any atom is -0.292 e. The molecule has 2 atom stereocenters. The van der Waals surface area contributed by atoms with E-state index in [1.165, 1.54) is 19.3 Å². The zero-order chi connectivity index (χ0) is 11.1. The van der Waals surface area contributed by atoms with E-state index in [2.05, 4.69) is 12.0 Å². The predicted octanol–water partition coefficient (Wildman–Crippen LogP) is 2.52. The molecule has 2 fully saturated rings. The molecule has 2 saturated carbocycles. The number of nitrogens with zero attached hydrogens (tertiary/aromatic N) is 2. The summed E-state index contributed by atoms with van der Waals surface area (Å²) >= 11 is 0. The number of carbonyl (C=O) groups excluding carboxylic acids is 1. The second kappa shape index (κ2) is 3.72. The molecular weight excluding hydrogens is 200 g/mol. The number of fused-ring (bicyclic) bond motifs is 1. The summed E-state index contributed by atoms with van der Waals surface area (Å²) in [6.45, 7) is 2.97. The van der Waals surface area contributed by atoms with E-state index in [-0.39, 0.29) is 0 Å². The fraction of sp³-hybridized carbons (Fsp3) is 0.692. The molecule has 0 saturated heterocycles. The topological polar surface area (TPSA) is 34.9 Å². The van der Waals surface area contributed by atoms with Gasteiger partial charge < -0.3 is 0 Å². The maximum Gasteiger partial charge on any atom is 0.184 e. The number of ketones is 1. The lowest BCUT2D eigenvalue weighted by atomic mass is 10.1. The molecule has 2 aliphatic rings. The molecule has 0 N–H and O–H groups in total. The van der Waals surface area contributed by atoms with Crippen molar-refractivity contribution in [1.82, 2.24) is 9.78 Å². The minimum atomic E-state index is 0.334. The Balaban J connectivity index is 1.77. The molecule has 2 aliphatic carbocycles. The predicted molar refractivity (Wildman–Crippen MR) is 61.2 cm³/mol. The van der Waals surface area contributed by atoms with Gasteiger partial charge in [-0.25, -0.2) is 0 Å². The molecule has 0 spiro atoms. The van der Waals surface area contributed by atoms with Gasteiger partial charge in [-0.3, -0.25) is 9.48 Å². The Morgan fingerprint density at radius 1 is 1.50 bits per heavy atom. The molecule has 0 radical (unpaired) electrons.